The topological polar surface area (TPSA) is 60.1 Å². The van der Waals surface area contributed by atoms with E-state index < -0.39 is 5.79 Å². The Labute approximate surface area is 112 Å². The lowest BCUT2D eigenvalue weighted by Gasteiger charge is -2.32. The molecule has 0 radical (unpaired) electrons. The minimum atomic E-state index is -0.417. The van der Waals surface area contributed by atoms with Gasteiger partial charge in [-0.1, -0.05) is 4.68 Å². The zero-order valence-corrected chi connectivity index (χ0v) is 11.1. The van der Waals surface area contributed by atoms with Gasteiger partial charge in [0.2, 0.25) is 0 Å². The maximum absolute atomic E-state index is 11.5. The van der Waals surface area contributed by atoms with Gasteiger partial charge in [0, 0.05) is 12.8 Å². The van der Waals surface area contributed by atoms with Crippen LogP contribution in [0, 0.1) is 5.92 Å². The Kier molecular flexibility index (Phi) is 3.36. The van der Waals surface area contributed by atoms with Crippen molar-refractivity contribution in [3.63, 3.8) is 0 Å². The zero-order valence-electron chi connectivity index (χ0n) is 11.1. The molecule has 0 amide bonds. The highest BCUT2D eigenvalue weighted by molar-refractivity contribution is 6.00. The molecule has 1 aliphatic carbocycles. The molecule has 0 bridgehead atoms. The van der Waals surface area contributed by atoms with Gasteiger partial charge in [0.1, 0.15) is 0 Å². The first-order chi connectivity index (χ1) is 9.21. The normalized spacial score (nSPS) is 27.9. The van der Waals surface area contributed by atoms with Gasteiger partial charge in [0.25, 0.3) is 6.54 Å². The van der Waals surface area contributed by atoms with Gasteiger partial charge < -0.3 is 14.2 Å². The van der Waals surface area contributed by atoms with Crippen molar-refractivity contribution < 1.29 is 23.7 Å². The molecule has 104 valence electrons. The third-order valence-corrected chi connectivity index (χ3v) is 3.74. The SMILES string of the molecule is CCOC(=O)C[N+]1=CC2CC3(CCC2=N1)OCCO3. The van der Waals surface area contributed by atoms with E-state index in [2.05, 4.69) is 5.10 Å². The number of esters is 1. The fourth-order valence-corrected chi connectivity index (χ4v) is 2.91. The summed E-state index contributed by atoms with van der Waals surface area (Å²) in [6, 6.07) is 0. The summed E-state index contributed by atoms with van der Waals surface area (Å²) in [6.07, 6.45) is 4.49. The van der Waals surface area contributed by atoms with Crippen molar-refractivity contribution in [1.29, 1.82) is 0 Å². The van der Waals surface area contributed by atoms with Crippen LogP contribution in [0.15, 0.2) is 5.10 Å². The van der Waals surface area contributed by atoms with Crippen molar-refractivity contribution in [2.24, 2.45) is 11.0 Å². The Morgan fingerprint density at radius 1 is 1.58 bits per heavy atom. The molecular weight excluding hydrogens is 248 g/mol. The summed E-state index contributed by atoms with van der Waals surface area (Å²) in [6.45, 7) is 3.73. The van der Waals surface area contributed by atoms with Crippen LogP contribution < -0.4 is 0 Å². The van der Waals surface area contributed by atoms with Gasteiger partial charge in [-0.25, -0.2) is 4.79 Å². The lowest BCUT2D eigenvalue weighted by atomic mass is 9.84. The van der Waals surface area contributed by atoms with Gasteiger partial charge in [-0.05, 0) is 18.4 Å². The Morgan fingerprint density at radius 2 is 2.37 bits per heavy atom. The Morgan fingerprint density at radius 3 is 3.11 bits per heavy atom. The molecule has 0 N–H and O–H groups in total. The van der Waals surface area contributed by atoms with E-state index in [0.29, 0.717) is 19.8 Å². The zero-order chi connectivity index (χ0) is 13.3. The smallest absolute Gasteiger partial charge is 0.375 e. The van der Waals surface area contributed by atoms with E-state index in [1.165, 1.54) is 0 Å². The minimum Gasteiger partial charge on any atom is -0.461 e. The lowest BCUT2D eigenvalue weighted by Crippen LogP contribution is -2.40. The number of fused-ring (bicyclic) bond motifs is 1. The third-order valence-electron chi connectivity index (χ3n) is 3.74. The van der Waals surface area contributed by atoms with Crippen LogP contribution in [-0.2, 0) is 19.0 Å². The van der Waals surface area contributed by atoms with Gasteiger partial charge in [0.15, 0.2) is 12.0 Å². The van der Waals surface area contributed by atoms with Crippen LogP contribution in [0.5, 0.6) is 0 Å². The molecule has 1 saturated heterocycles. The monoisotopic (exact) mass is 267 g/mol. The van der Waals surface area contributed by atoms with Crippen molar-refractivity contribution in [3.8, 4) is 0 Å². The predicted octanol–water partition coefficient (Wildman–Crippen LogP) is 0.546. The van der Waals surface area contributed by atoms with Crippen molar-refractivity contribution in [2.75, 3.05) is 26.4 Å². The van der Waals surface area contributed by atoms with Gasteiger partial charge in [-0.2, -0.15) is 0 Å². The number of ether oxygens (including phenoxy) is 3. The third kappa shape index (κ3) is 2.55. The van der Waals surface area contributed by atoms with Crippen molar-refractivity contribution in [2.45, 2.75) is 32.0 Å². The van der Waals surface area contributed by atoms with Crippen LogP contribution in [-0.4, -0.2) is 54.7 Å². The highest BCUT2D eigenvalue weighted by Crippen LogP contribution is 2.38. The molecule has 1 saturated carbocycles. The molecule has 2 aliphatic heterocycles. The second-order valence-electron chi connectivity index (χ2n) is 5.06. The first kappa shape index (κ1) is 12.7. The molecule has 1 atom stereocenters. The second kappa shape index (κ2) is 5.02. The van der Waals surface area contributed by atoms with Crippen LogP contribution in [0.2, 0.25) is 0 Å². The molecular formula is C13H19N2O4+. The molecule has 2 fully saturated rings. The van der Waals surface area contributed by atoms with Crippen molar-refractivity contribution >= 4 is 17.9 Å². The summed E-state index contributed by atoms with van der Waals surface area (Å²) in [4.78, 5) is 11.5. The summed E-state index contributed by atoms with van der Waals surface area (Å²) in [5.74, 6) is -0.439. The predicted molar refractivity (Wildman–Crippen MR) is 67.2 cm³/mol. The summed E-state index contributed by atoms with van der Waals surface area (Å²) < 4.78 is 18.1. The summed E-state index contributed by atoms with van der Waals surface area (Å²) >= 11 is 0. The van der Waals surface area contributed by atoms with E-state index in [1.54, 1.807) is 11.6 Å². The molecule has 2 heterocycles. The van der Waals surface area contributed by atoms with Crippen LogP contribution >= 0.6 is 0 Å². The molecule has 1 unspecified atom stereocenters. The maximum Gasteiger partial charge on any atom is 0.375 e. The number of hydrogen-bond acceptors (Lipinski definition) is 5. The molecule has 6 heteroatoms. The minimum absolute atomic E-state index is 0.183. The van der Waals surface area contributed by atoms with E-state index in [0.717, 1.165) is 25.0 Å². The van der Waals surface area contributed by atoms with Crippen LogP contribution in [0.25, 0.3) is 0 Å². The average Bonchev–Trinajstić information content (AvgIpc) is 2.96. The van der Waals surface area contributed by atoms with Gasteiger partial charge >= 0.3 is 5.97 Å². The molecule has 0 aromatic carbocycles. The molecule has 3 aliphatic rings. The van der Waals surface area contributed by atoms with E-state index >= 15 is 0 Å². The number of hydrazone groups is 1. The highest BCUT2D eigenvalue weighted by Gasteiger charge is 2.47. The number of rotatable bonds is 3. The number of hydrogen-bond donors (Lipinski definition) is 0. The number of nitrogens with zero attached hydrogens (tertiary/aromatic N) is 2. The fourth-order valence-electron chi connectivity index (χ4n) is 2.91. The van der Waals surface area contributed by atoms with Gasteiger partial charge in [-0.3, -0.25) is 0 Å². The molecule has 1 spiro atoms. The maximum atomic E-state index is 11.5. The van der Waals surface area contributed by atoms with E-state index in [9.17, 15) is 4.79 Å². The first-order valence-corrected chi connectivity index (χ1v) is 6.83. The molecule has 0 aromatic rings. The average molecular weight is 267 g/mol. The molecule has 3 rings (SSSR count). The number of carbonyl (C=O) groups excluding carboxylic acids is 1. The Balaban J connectivity index is 1.65. The Hall–Kier alpha value is -1.27. The van der Waals surface area contributed by atoms with Gasteiger partial charge in [-0.15, -0.1) is 0 Å². The van der Waals surface area contributed by atoms with E-state index in [1.807, 2.05) is 6.21 Å². The first-order valence-electron chi connectivity index (χ1n) is 6.83. The molecule has 6 nitrogen and oxygen atoms in total. The summed E-state index contributed by atoms with van der Waals surface area (Å²) in [5, 5.41) is 4.47. The fraction of sp³-hybridized carbons (Fsp3) is 0.769. The van der Waals surface area contributed by atoms with E-state index in [-0.39, 0.29) is 18.4 Å². The largest absolute Gasteiger partial charge is 0.461 e. The standard InChI is InChI=1S/C13H19N2O4/c1-2-17-12(16)9-15-8-10-7-13(18-5-6-19-13)4-3-11(10)14-15/h8,10H,2-7,9H2,1H3/q+1. The van der Waals surface area contributed by atoms with Crippen molar-refractivity contribution in [3.05, 3.63) is 0 Å². The quantitative estimate of drug-likeness (QED) is 0.553. The van der Waals surface area contributed by atoms with Crippen molar-refractivity contribution in [1.82, 2.24) is 0 Å². The highest BCUT2D eigenvalue weighted by atomic mass is 16.7. The van der Waals surface area contributed by atoms with Crippen LogP contribution in [0.1, 0.15) is 26.2 Å². The summed E-state index contributed by atoms with van der Waals surface area (Å²) in [5.41, 5.74) is 1.12. The number of carbonyl (C=O) groups is 1. The molecule has 0 aromatic heterocycles. The summed E-state index contributed by atoms with van der Waals surface area (Å²) in [7, 11) is 0. The lowest BCUT2D eigenvalue weighted by molar-refractivity contribution is -0.517. The van der Waals surface area contributed by atoms with E-state index in [4.69, 9.17) is 14.2 Å². The Bertz CT molecular complexity index is 438. The van der Waals surface area contributed by atoms with Gasteiger partial charge in [0.05, 0.1) is 31.5 Å². The van der Waals surface area contributed by atoms with Crippen LogP contribution in [0.4, 0.5) is 0 Å². The molecule has 19 heavy (non-hydrogen) atoms. The second-order valence-corrected chi connectivity index (χ2v) is 5.06. The van der Waals surface area contributed by atoms with Crippen LogP contribution in [0.3, 0.4) is 0 Å².